The monoisotopic (exact) mass is 443 g/mol. The molecule has 27 heavy (non-hydrogen) atoms. The molecule has 0 aliphatic rings. The van der Waals surface area contributed by atoms with Gasteiger partial charge >= 0.3 is 11.7 Å². The van der Waals surface area contributed by atoms with Crippen molar-refractivity contribution in [3.05, 3.63) is 54.9 Å². The number of esters is 1. The molecule has 0 unspecified atom stereocenters. The molecule has 0 aliphatic carbocycles. The maximum Gasteiger partial charge on any atom is 0.344 e. The number of rotatable bonds is 6. The van der Waals surface area contributed by atoms with Gasteiger partial charge in [-0.15, -0.1) is 0 Å². The lowest BCUT2D eigenvalue weighted by Gasteiger charge is -2.11. The number of ketones is 1. The summed E-state index contributed by atoms with van der Waals surface area (Å²) in [6, 6.07) is 3.99. The summed E-state index contributed by atoms with van der Waals surface area (Å²) in [5, 5.41) is 0. The van der Waals surface area contributed by atoms with Crippen LogP contribution in [0.2, 0.25) is 0 Å². The first kappa shape index (κ1) is 20.4. The third-order valence-corrected chi connectivity index (χ3v) is 4.09. The van der Waals surface area contributed by atoms with E-state index in [1.54, 1.807) is 0 Å². The molecule has 0 atom stereocenters. The Balaban J connectivity index is 2.03. The van der Waals surface area contributed by atoms with Crippen LogP contribution in [0.15, 0.2) is 32.3 Å². The molecule has 2 N–H and O–H groups in total. The van der Waals surface area contributed by atoms with Crippen molar-refractivity contribution in [1.29, 1.82) is 0 Å². The third-order valence-electron chi connectivity index (χ3n) is 3.59. The van der Waals surface area contributed by atoms with Crippen LogP contribution in [0, 0.1) is 5.82 Å². The Hall–Kier alpha value is -2.95. The van der Waals surface area contributed by atoms with E-state index in [0.29, 0.717) is 9.04 Å². The fraction of sp³-hybridized carbons (Fsp3) is 0.250. The molecule has 0 fully saturated rings. The number of hydrogen-bond donors (Lipinski definition) is 1. The van der Waals surface area contributed by atoms with Gasteiger partial charge in [-0.25, -0.2) is 14.0 Å². The van der Waals surface area contributed by atoms with Crippen LogP contribution in [0.5, 0.6) is 5.75 Å². The number of nitrogen functional groups attached to an aromatic ring is 1. The Morgan fingerprint density at radius 3 is 2.48 bits per heavy atom. The van der Waals surface area contributed by atoms with Gasteiger partial charge < -0.3 is 15.2 Å². The molecular formula is C16H15BrFN3O6. The van der Waals surface area contributed by atoms with E-state index in [9.17, 15) is 23.6 Å². The molecular weight excluding hydrogens is 429 g/mol. The average Bonchev–Trinajstić information content (AvgIpc) is 2.62. The second-order valence-corrected chi connectivity index (χ2v) is 6.33. The minimum absolute atomic E-state index is 0.169. The van der Waals surface area contributed by atoms with Crippen molar-refractivity contribution in [2.45, 2.75) is 0 Å². The number of benzene rings is 1. The zero-order valence-electron chi connectivity index (χ0n) is 14.3. The van der Waals surface area contributed by atoms with E-state index >= 15 is 0 Å². The fourth-order valence-corrected chi connectivity index (χ4v) is 2.44. The van der Waals surface area contributed by atoms with E-state index in [0.717, 1.165) is 10.6 Å². The lowest BCUT2D eigenvalue weighted by Crippen LogP contribution is -2.42. The van der Waals surface area contributed by atoms with E-state index < -0.39 is 47.6 Å². The maximum atomic E-state index is 13.6. The molecule has 0 saturated carbocycles. The summed E-state index contributed by atoms with van der Waals surface area (Å²) in [5.41, 5.74) is 3.58. The summed E-state index contributed by atoms with van der Waals surface area (Å²) in [6.45, 7) is -1.44. The molecule has 0 amide bonds. The summed E-state index contributed by atoms with van der Waals surface area (Å²) in [6.07, 6.45) is 0. The Bertz CT molecular complexity index is 1030. The molecule has 11 heteroatoms. The minimum atomic E-state index is -0.953. The lowest BCUT2D eigenvalue weighted by atomic mass is 10.2. The SMILES string of the molecule is Cn1c(N)c(C(=O)COC(=O)COc2ccc(Br)cc2F)c(=O)n(C)c1=O. The first-order valence-electron chi connectivity index (χ1n) is 7.45. The number of halogens is 2. The topological polar surface area (TPSA) is 123 Å². The molecule has 2 aromatic rings. The number of hydrogen-bond acceptors (Lipinski definition) is 7. The highest BCUT2D eigenvalue weighted by molar-refractivity contribution is 9.10. The number of carbonyl (C=O) groups excluding carboxylic acids is 2. The summed E-state index contributed by atoms with van der Waals surface area (Å²) in [5.74, 6) is -3.03. The Morgan fingerprint density at radius 1 is 1.19 bits per heavy atom. The highest BCUT2D eigenvalue weighted by Gasteiger charge is 2.21. The number of ether oxygens (including phenoxy) is 2. The molecule has 1 aromatic heterocycles. The van der Waals surface area contributed by atoms with Gasteiger partial charge in [0.05, 0.1) is 0 Å². The van der Waals surface area contributed by atoms with Gasteiger partial charge in [-0.2, -0.15) is 0 Å². The van der Waals surface area contributed by atoms with Gasteiger partial charge in [-0.3, -0.25) is 18.7 Å². The van der Waals surface area contributed by atoms with Gasteiger partial charge in [-0.1, -0.05) is 15.9 Å². The number of anilines is 1. The summed E-state index contributed by atoms with van der Waals surface area (Å²) in [4.78, 5) is 47.6. The summed E-state index contributed by atoms with van der Waals surface area (Å²) in [7, 11) is 2.48. The average molecular weight is 444 g/mol. The van der Waals surface area contributed by atoms with Crippen LogP contribution in [0.4, 0.5) is 10.2 Å². The first-order valence-corrected chi connectivity index (χ1v) is 8.25. The highest BCUT2D eigenvalue weighted by Crippen LogP contribution is 2.21. The van der Waals surface area contributed by atoms with Crippen LogP contribution >= 0.6 is 15.9 Å². The van der Waals surface area contributed by atoms with Crippen molar-refractivity contribution in [2.75, 3.05) is 18.9 Å². The lowest BCUT2D eigenvalue weighted by molar-refractivity contribution is -0.144. The highest BCUT2D eigenvalue weighted by atomic mass is 79.9. The van der Waals surface area contributed by atoms with Crippen molar-refractivity contribution in [3.63, 3.8) is 0 Å². The maximum absolute atomic E-state index is 13.6. The normalized spacial score (nSPS) is 10.5. The summed E-state index contributed by atoms with van der Waals surface area (Å²) < 4.78 is 25.4. The zero-order chi connectivity index (χ0) is 20.3. The molecule has 0 saturated heterocycles. The van der Waals surface area contributed by atoms with E-state index in [1.165, 1.54) is 26.2 Å². The largest absolute Gasteiger partial charge is 0.479 e. The fourth-order valence-electron chi connectivity index (χ4n) is 2.11. The summed E-state index contributed by atoms with van der Waals surface area (Å²) >= 11 is 3.08. The van der Waals surface area contributed by atoms with Gasteiger partial charge in [0, 0.05) is 18.6 Å². The molecule has 0 aliphatic heterocycles. The van der Waals surface area contributed by atoms with Gasteiger partial charge in [0.1, 0.15) is 11.4 Å². The molecule has 0 spiro atoms. The number of carbonyl (C=O) groups is 2. The van der Waals surface area contributed by atoms with Crippen LogP contribution in [-0.2, 0) is 23.6 Å². The van der Waals surface area contributed by atoms with Crippen LogP contribution in [0.1, 0.15) is 10.4 Å². The number of nitrogens with zero attached hydrogens (tertiary/aromatic N) is 2. The van der Waals surface area contributed by atoms with Gasteiger partial charge in [-0.05, 0) is 18.2 Å². The van der Waals surface area contributed by atoms with Gasteiger partial charge in [0.15, 0.2) is 24.8 Å². The second-order valence-electron chi connectivity index (χ2n) is 5.41. The molecule has 9 nitrogen and oxygen atoms in total. The smallest absolute Gasteiger partial charge is 0.344 e. The van der Waals surface area contributed by atoms with Crippen molar-refractivity contribution in [3.8, 4) is 5.75 Å². The van der Waals surface area contributed by atoms with Gasteiger partial charge in [0.25, 0.3) is 5.56 Å². The van der Waals surface area contributed by atoms with Crippen LogP contribution < -0.4 is 21.7 Å². The van der Waals surface area contributed by atoms with Crippen molar-refractivity contribution < 1.29 is 23.5 Å². The molecule has 0 bridgehead atoms. The van der Waals surface area contributed by atoms with E-state index in [1.807, 2.05) is 0 Å². The van der Waals surface area contributed by atoms with E-state index in [-0.39, 0.29) is 11.6 Å². The number of nitrogens with two attached hydrogens (primary N) is 1. The Kier molecular flexibility index (Phi) is 6.16. The predicted molar refractivity (Wildman–Crippen MR) is 96.2 cm³/mol. The Morgan fingerprint density at radius 2 is 1.85 bits per heavy atom. The molecule has 1 heterocycles. The predicted octanol–water partition coefficient (Wildman–Crippen LogP) is 0.373. The second kappa shape index (κ2) is 8.16. The molecule has 0 radical (unpaired) electrons. The zero-order valence-corrected chi connectivity index (χ0v) is 15.9. The van der Waals surface area contributed by atoms with Gasteiger partial charge in [0.2, 0.25) is 5.78 Å². The van der Waals surface area contributed by atoms with Crippen LogP contribution in [0.25, 0.3) is 0 Å². The Labute approximate surface area is 160 Å². The number of aromatic nitrogens is 2. The first-order chi connectivity index (χ1) is 12.6. The van der Waals surface area contributed by atoms with Crippen molar-refractivity contribution in [2.24, 2.45) is 14.1 Å². The third kappa shape index (κ3) is 4.42. The van der Waals surface area contributed by atoms with Crippen LogP contribution in [-0.4, -0.2) is 34.1 Å². The van der Waals surface area contributed by atoms with Crippen LogP contribution in [0.3, 0.4) is 0 Å². The van der Waals surface area contributed by atoms with Crippen molar-refractivity contribution >= 4 is 33.5 Å². The van der Waals surface area contributed by atoms with E-state index in [4.69, 9.17) is 15.2 Å². The van der Waals surface area contributed by atoms with E-state index in [2.05, 4.69) is 15.9 Å². The number of Topliss-reactive ketones (excluding diaryl/α,β-unsaturated/α-hetero) is 1. The van der Waals surface area contributed by atoms with Crippen molar-refractivity contribution in [1.82, 2.24) is 9.13 Å². The molecule has 144 valence electrons. The standard InChI is InChI=1S/C16H15BrFN3O6/c1-20-14(19)13(15(24)21(2)16(20)25)10(22)6-27-12(23)7-26-11-4-3-8(17)5-9(11)18/h3-5H,6-7,19H2,1-2H3. The quantitative estimate of drug-likeness (QED) is 0.505. The molecule has 2 rings (SSSR count). The molecule has 1 aromatic carbocycles. The minimum Gasteiger partial charge on any atom is -0.479 e.